The molecular formula is C19H21NO6. The molecule has 2 aromatic rings. The predicted octanol–water partition coefficient (Wildman–Crippen LogP) is 2.66. The Hall–Kier alpha value is -3.22. The van der Waals surface area contributed by atoms with E-state index in [-0.39, 0.29) is 24.1 Å². The summed E-state index contributed by atoms with van der Waals surface area (Å²) in [6, 6.07) is 11.0. The first-order chi connectivity index (χ1) is 12.4. The van der Waals surface area contributed by atoms with Gasteiger partial charge in [-0.05, 0) is 43.3 Å². The lowest BCUT2D eigenvalue weighted by Gasteiger charge is -2.18. The smallest absolute Gasteiger partial charge is 0.335 e. The van der Waals surface area contributed by atoms with Gasteiger partial charge in [-0.15, -0.1) is 0 Å². The standard InChI is InChI=1S/C19H21NO6/c1-12(16-10-14(24-2)7-8-17(16)25-3)20-18(21)11-26-15-6-4-5-13(9-15)19(22)23/h4-10,12H,11H2,1-3H3,(H,20,21)(H,22,23)/t12-/m1/s1. The van der Waals surface area contributed by atoms with Gasteiger partial charge in [0.2, 0.25) is 0 Å². The minimum absolute atomic E-state index is 0.0948. The van der Waals surface area contributed by atoms with E-state index >= 15 is 0 Å². The van der Waals surface area contributed by atoms with Crippen LogP contribution in [0.1, 0.15) is 28.9 Å². The minimum Gasteiger partial charge on any atom is -0.497 e. The van der Waals surface area contributed by atoms with Crippen molar-refractivity contribution in [3.63, 3.8) is 0 Å². The van der Waals surface area contributed by atoms with Crippen LogP contribution in [-0.4, -0.2) is 37.8 Å². The Kier molecular flexibility index (Phi) is 6.43. The molecule has 7 heteroatoms. The maximum absolute atomic E-state index is 12.1. The molecule has 0 spiro atoms. The summed E-state index contributed by atoms with van der Waals surface area (Å²) in [6.07, 6.45) is 0. The summed E-state index contributed by atoms with van der Waals surface area (Å²) in [5.41, 5.74) is 0.866. The fourth-order valence-electron chi connectivity index (χ4n) is 2.41. The van der Waals surface area contributed by atoms with E-state index in [1.54, 1.807) is 44.6 Å². The number of rotatable bonds is 8. The zero-order valence-electron chi connectivity index (χ0n) is 14.8. The van der Waals surface area contributed by atoms with Crippen LogP contribution in [0.4, 0.5) is 0 Å². The molecule has 0 fully saturated rings. The average molecular weight is 359 g/mol. The van der Waals surface area contributed by atoms with E-state index in [2.05, 4.69) is 5.32 Å². The number of carbonyl (C=O) groups excluding carboxylic acids is 1. The van der Waals surface area contributed by atoms with Gasteiger partial charge < -0.3 is 24.6 Å². The fourth-order valence-corrected chi connectivity index (χ4v) is 2.41. The third-order valence-electron chi connectivity index (χ3n) is 3.73. The third-order valence-corrected chi connectivity index (χ3v) is 3.73. The van der Waals surface area contributed by atoms with Crippen molar-refractivity contribution in [3.05, 3.63) is 53.6 Å². The molecule has 2 rings (SSSR count). The monoisotopic (exact) mass is 359 g/mol. The molecule has 1 atom stereocenters. The number of amides is 1. The Morgan fingerprint density at radius 3 is 2.50 bits per heavy atom. The molecule has 0 bridgehead atoms. The second-order valence-corrected chi connectivity index (χ2v) is 5.52. The number of hydrogen-bond acceptors (Lipinski definition) is 5. The Bertz CT molecular complexity index is 789. The highest BCUT2D eigenvalue weighted by Gasteiger charge is 2.16. The second-order valence-electron chi connectivity index (χ2n) is 5.52. The summed E-state index contributed by atoms with van der Waals surface area (Å²) < 4.78 is 15.9. The first kappa shape index (κ1) is 19.1. The van der Waals surface area contributed by atoms with Crippen LogP contribution in [0.5, 0.6) is 17.2 Å². The molecule has 1 amide bonds. The van der Waals surface area contributed by atoms with Crippen molar-refractivity contribution in [2.24, 2.45) is 0 Å². The normalized spacial score (nSPS) is 11.3. The van der Waals surface area contributed by atoms with Gasteiger partial charge in [-0.3, -0.25) is 4.79 Å². The van der Waals surface area contributed by atoms with Crippen molar-refractivity contribution in [1.82, 2.24) is 5.32 Å². The molecule has 0 aliphatic carbocycles. The Labute approximate surface area is 151 Å². The molecule has 0 aliphatic heterocycles. The van der Waals surface area contributed by atoms with Crippen LogP contribution in [0.25, 0.3) is 0 Å². The Balaban J connectivity index is 1.99. The molecular weight excluding hydrogens is 338 g/mol. The van der Waals surface area contributed by atoms with Gasteiger partial charge in [0.1, 0.15) is 17.2 Å². The molecule has 138 valence electrons. The molecule has 26 heavy (non-hydrogen) atoms. The van der Waals surface area contributed by atoms with E-state index < -0.39 is 5.97 Å². The van der Waals surface area contributed by atoms with Crippen molar-refractivity contribution in [3.8, 4) is 17.2 Å². The number of hydrogen-bond donors (Lipinski definition) is 2. The van der Waals surface area contributed by atoms with E-state index in [4.69, 9.17) is 19.3 Å². The van der Waals surface area contributed by atoms with Gasteiger partial charge in [0.05, 0.1) is 25.8 Å². The molecule has 0 saturated heterocycles. The Morgan fingerprint density at radius 1 is 1.08 bits per heavy atom. The number of nitrogens with one attached hydrogen (secondary N) is 1. The van der Waals surface area contributed by atoms with Crippen LogP contribution >= 0.6 is 0 Å². The summed E-state index contributed by atoms with van der Waals surface area (Å²) in [6.45, 7) is 1.58. The van der Waals surface area contributed by atoms with Crippen LogP contribution in [0.15, 0.2) is 42.5 Å². The van der Waals surface area contributed by atoms with Gasteiger partial charge in [-0.1, -0.05) is 6.07 Å². The van der Waals surface area contributed by atoms with Gasteiger partial charge in [0.15, 0.2) is 6.61 Å². The number of aromatic carboxylic acids is 1. The van der Waals surface area contributed by atoms with Crippen molar-refractivity contribution >= 4 is 11.9 Å². The maximum atomic E-state index is 12.1. The molecule has 2 aromatic carbocycles. The average Bonchev–Trinajstić information content (AvgIpc) is 2.65. The molecule has 0 unspecified atom stereocenters. The van der Waals surface area contributed by atoms with Crippen molar-refractivity contribution in [2.45, 2.75) is 13.0 Å². The zero-order chi connectivity index (χ0) is 19.1. The lowest BCUT2D eigenvalue weighted by atomic mass is 10.1. The van der Waals surface area contributed by atoms with Gasteiger partial charge in [0.25, 0.3) is 5.91 Å². The van der Waals surface area contributed by atoms with Crippen LogP contribution in [0.3, 0.4) is 0 Å². The van der Waals surface area contributed by atoms with Crippen molar-refractivity contribution in [1.29, 1.82) is 0 Å². The minimum atomic E-state index is -1.06. The van der Waals surface area contributed by atoms with E-state index in [1.807, 2.05) is 6.92 Å². The van der Waals surface area contributed by atoms with Crippen molar-refractivity contribution in [2.75, 3.05) is 20.8 Å². The third kappa shape index (κ3) is 4.89. The van der Waals surface area contributed by atoms with E-state index in [0.717, 1.165) is 5.56 Å². The van der Waals surface area contributed by atoms with Crippen LogP contribution in [0.2, 0.25) is 0 Å². The molecule has 0 radical (unpaired) electrons. The number of carbonyl (C=O) groups is 2. The van der Waals surface area contributed by atoms with Gasteiger partial charge in [-0.25, -0.2) is 4.79 Å². The first-order valence-electron chi connectivity index (χ1n) is 7.92. The fraction of sp³-hybridized carbons (Fsp3) is 0.263. The number of methoxy groups -OCH3 is 2. The van der Waals surface area contributed by atoms with Gasteiger partial charge in [-0.2, -0.15) is 0 Å². The number of ether oxygens (including phenoxy) is 3. The van der Waals surface area contributed by atoms with Crippen LogP contribution in [0, 0.1) is 0 Å². The summed E-state index contributed by atoms with van der Waals surface area (Å²) >= 11 is 0. The lowest BCUT2D eigenvalue weighted by molar-refractivity contribution is -0.123. The van der Waals surface area contributed by atoms with E-state index in [0.29, 0.717) is 17.2 Å². The second kappa shape index (κ2) is 8.75. The highest BCUT2D eigenvalue weighted by Crippen LogP contribution is 2.29. The molecule has 0 aliphatic rings. The molecule has 0 heterocycles. The highest BCUT2D eigenvalue weighted by atomic mass is 16.5. The quantitative estimate of drug-likeness (QED) is 0.753. The lowest BCUT2D eigenvalue weighted by Crippen LogP contribution is -2.31. The predicted molar refractivity (Wildman–Crippen MR) is 95.0 cm³/mol. The first-order valence-corrected chi connectivity index (χ1v) is 7.92. The number of benzene rings is 2. The zero-order valence-corrected chi connectivity index (χ0v) is 14.8. The van der Waals surface area contributed by atoms with E-state index in [9.17, 15) is 9.59 Å². The van der Waals surface area contributed by atoms with Gasteiger partial charge >= 0.3 is 5.97 Å². The van der Waals surface area contributed by atoms with E-state index in [1.165, 1.54) is 12.1 Å². The van der Waals surface area contributed by atoms with Crippen molar-refractivity contribution < 1.29 is 28.9 Å². The Morgan fingerprint density at radius 2 is 1.85 bits per heavy atom. The van der Waals surface area contributed by atoms with Crippen LogP contribution < -0.4 is 19.5 Å². The summed E-state index contributed by atoms with van der Waals surface area (Å²) in [5, 5.41) is 11.8. The summed E-state index contributed by atoms with van der Waals surface area (Å²) in [7, 11) is 3.12. The number of carboxylic acid groups (broad SMARTS) is 1. The largest absolute Gasteiger partial charge is 0.497 e. The molecule has 2 N–H and O–H groups in total. The highest BCUT2D eigenvalue weighted by molar-refractivity contribution is 5.88. The van der Waals surface area contributed by atoms with Crippen LogP contribution in [-0.2, 0) is 4.79 Å². The topological polar surface area (TPSA) is 94.1 Å². The molecule has 0 aromatic heterocycles. The molecule has 7 nitrogen and oxygen atoms in total. The summed E-state index contributed by atoms with van der Waals surface area (Å²) in [4.78, 5) is 23.1. The summed E-state index contributed by atoms with van der Waals surface area (Å²) in [5.74, 6) is 0.200. The number of carboxylic acids is 1. The SMILES string of the molecule is COc1ccc(OC)c([C@@H](C)NC(=O)COc2cccc(C(=O)O)c2)c1. The van der Waals surface area contributed by atoms with Gasteiger partial charge in [0, 0.05) is 5.56 Å². The molecule has 0 saturated carbocycles. The maximum Gasteiger partial charge on any atom is 0.335 e.